The molecule has 0 fully saturated rings. The molecule has 0 saturated carbocycles. The molecular formula is C2HCl3Fe. The fourth-order valence-electron chi connectivity index (χ4n) is 0. The summed E-state index contributed by atoms with van der Waals surface area (Å²) in [6, 6.07) is 0. The zero-order valence-electron chi connectivity index (χ0n) is 2.56. The first-order chi connectivity index (χ1) is 2.27. The van der Waals surface area contributed by atoms with Crippen LogP contribution in [0.4, 0.5) is 0 Å². The van der Waals surface area contributed by atoms with Crippen LogP contribution in [0.5, 0.6) is 0 Å². The molecule has 6 heavy (non-hydrogen) atoms. The molecule has 0 saturated heterocycles. The van der Waals surface area contributed by atoms with E-state index in [-0.39, 0.29) is 21.6 Å². The maximum absolute atomic E-state index is 4.96. The van der Waals surface area contributed by atoms with Crippen molar-refractivity contribution < 1.29 is 17.1 Å². The Morgan fingerprint density at radius 1 is 1.33 bits per heavy atom. The average Bonchev–Trinajstić information content (AvgIpc) is 1.38. The van der Waals surface area contributed by atoms with E-state index in [4.69, 9.17) is 34.8 Å². The van der Waals surface area contributed by atoms with Gasteiger partial charge in [0, 0.05) is 22.6 Å². The molecule has 0 unspecified atom stereocenters. The van der Waals surface area contributed by atoms with E-state index in [1.807, 2.05) is 0 Å². The van der Waals surface area contributed by atoms with Gasteiger partial charge >= 0.3 is 0 Å². The van der Waals surface area contributed by atoms with E-state index in [9.17, 15) is 0 Å². The Morgan fingerprint density at radius 2 is 1.50 bits per heavy atom. The Kier molecular flexibility index (Phi) is 10.4. The summed E-state index contributed by atoms with van der Waals surface area (Å²) >= 11 is 14.8. The van der Waals surface area contributed by atoms with Gasteiger partial charge in [0.15, 0.2) is 0 Å². The minimum atomic E-state index is 0. The zero-order chi connectivity index (χ0) is 4.28. The maximum Gasteiger partial charge on any atom is 0.118 e. The summed E-state index contributed by atoms with van der Waals surface area (Å²) in [6.45, 7) is 0. The average molecular weight is 187 g/mol. The molecule has 0 aromatic carbocycles. The van der Waals surface area contributed by atoms with Gasteiger partial charge in [-0.15, -0.1) is 0 Å². The van der Waals surface area contributed by atoms with Gasteiger partial charge in [-0.1, -0.05) is 34.8 Å². The molecule has 0 atom stereocenters. The van der Waals surface area contributed by atoms with E-state index in [0.717, 1.165) is 5.54 Å². The topological polar surface area (TPSA) is 0 Å². The van der Waals surface area contributed by atoms with Gasteiger partial charge in [0.1, 0.15) is 4.49 Å². The normalized spacial score (nSPS) is 5.83. The molecule has 0 amide bonds. The molecule has 0 aliphatic rings. The first-order valence-corrected chi connectivity index (χ1v) is 2.08. The SMILES string of the molecule is ClC=C(Cl)Cl.[Fe]. The van der Waals surface area contributed by atoms with Gasteiger partial charge in [0.05, 0.1) is 0 Å². The molecule has 0 aromatic heterocycles. The second-order valence-corrected chi connectivity index (χ2v) is 1.62. The third-order valence-corrected chi connectivity index (χ3v) is 0.742. The van der Waals surface area contributed by atoms with Crippen LogP contribution >= 0.6 is 34.8 Å². The second-order valence-electron chi connectivity index (χ2n) is 0.399. The van der Waals surface area contributed by atoms with Crippen LogP contribution in [0.15, 0.2) is 10.0 Å². The van der Waals surface area contributed by atoms with Crippen LogP contribution in [0, 0.1) is 0 Å². The van der Waals surface area contributed by atoms with Crippen LogP contribution in [-0.2, 0) is 17.1 Å². The molecule has 4 heteroatoms. The molecule has 0 nitrogen and oxygen atoms in total. The summed E-state index contributed by atoms with van der Waals surface area (Å²) in [6.07, 6.45) is 0. The quantitative estimate of drug-likeness (QED) is 0.511. The third kappa shape index (κ3) is 8.93. The monoisotopic (exact) mass is 186 g/mol. The summed E-state index contributed by atoms with van der Waals surface area (Å²) in [5.41, 5.74) is 1.09. The molecular weight excluding hydrogens is 186 g/mol. The number of hydrogen-bond donors (Lipinski definition) is 0. The largest absolute Gasteiger partial charge is 0.118 e. The molecule has 0 aromatic rings. The Morgan fingerprint density at radius 3 is 1.50 bits per heavy atom. The molecule has 0 heterocycles. The van der Waals surface area contributed by atoms with Crippen molar-refractivity contribution in [2.75, 3.05) is 0 Å². The fourth-order valence-corrected chi connectivity index (χ4v) is 0. The Bertz CT molecular complexity index is 46.8. The Labute approximate surface area is 61.9 Å². The van der Waals surface area contributed by atoms with E-state index >= 15 is 0 Å². The van der Waals surface area contributed by atoms with Crippen molar-refractivity contribution in [3.63, 3.8) is 0 Å². The first-order valence-electron chi connectivity index (χ1n) is 0.885. The molecule has 0 spiro atoms. The van der Waals surface area contributed by atoms with Crippen molar-refractivity contribution >= 4 is 34.8 Å². The van der Waals surface area contributed by atoms with E-state index < -0.39 is 0 Å². The summed E-state index contributed by atoms with van der Waals surface area (Å²) in [5, 5.41) is 0. The molecule has 0 N–H and O–H groups in total. The van der Waals surface area contributed by atoms with Crippen molar-refractivity contribution in [1.82, 2.24) is 0 Å². The number of hydrogen-bond acceptors (Lipinski definition) is 0. The smallest absolute Gasteiger partial charge is 0.0904 e. The predicted molar refractivity (Wildman–Crippen MR) is 25.6 cm³/mol. The van der Waals surface area contributed by atoms with E-state index in [0.29, 0.717) is 0 Å². The van der Waals surface area contributed by atoms with Crippen molar-refractivity contribution in [3.8, 4) is 0 Å². The predicted octanol–water partition coefficient (Wildman–Crippen LogP) is 2.50. The van der Waals surface area contributed by atoms with Crippen molar-refractivity contribution in [2.24, 2.45) is 0 Å². The van der Waals surface area contributed by atoms with Crippen LogP contribution in [0.2, 0.25) is 0 Å². The summed E-state index contributed by atoms with van der Waals surface area (Å²) < 4.78 is 0.0895. The Hall–Kier alpha value is 1.13. The van der Waals surface area contributed by atoms with Gasteiger partial charge in [0.25, 0.3) is 0 Å². The third-order valence-electron chi connectivity index (χ3n) is 0.0825. The maximum atomic E-state index is 4.96. The number of halogens is 3. The van der Waals surface area contributed by atoms with Gasteiger partial charge < -0.3 is 0 Å². The summed E-state index contributed by atoms with van der Waals surface area (Å²) in [4.78, 5) is 0. The van der Waals surface area contributed by atoms with Crippen LogP contribution in [-0.4, -0.2) is 0 Å². The molecule has 0 aliphatic heterocycles. The zero-order valence-corrected chi connectivity index (χ0v) is 5.94. The molecule has 0 bridgehead atoms. The van der Waals surface area contributed by atoms with Crippen LogP contribution in [0.1, 0.15) is 0 Å². The van der Waals surface area contributed by atoms with Crippen LogP contribution in [0.25, 0.3) is 0 Å². The van der Waals surface area contributed by atoms with Gasteiger partial charge in [-0.3, -0.25) is 0 Å². The van der Waals surface area contributed by atoms with Gasteiger partial charge in [-0.2, -0.15) is 0 Å². The van der Waals surface area contributed by atoms with E-state index in [1.54, 1.807) is 0 Å². The first kappa shape index (κ1) is 10.2. The van der Waals surface area contributed by atoms with Crippen LogP contribution < -0.4 is 0 Å². The minimum Gasteiger partial charge on any atom is -0.0904 e. The van der Waals surface area contributed by atoms with Crippen LogP contribution in [0.3, 0.4) is 0 Å². The van der Waals surface area contributed by atoms with E-state index in [1.165, 1.54) is 0 Å². The molecule has 0 radical (unpaired) electrons. The van der Waals surface area contributed by atoms with Crippen molar-refractivity contribution in [3.05, 3.63) is 10.0 Å². The van der Waals surface area contributed by atoms with Gasteiger partial charge in [-0.25, -0.2) is 0 Å². The fraction of sp³-hybridized carbons (Fsp3) is 0. The van der Waals surface area contributed by atoms with Gasteiger partial charge in [-0.05, 0) is 0 Å². The Balaban J connectivity index is 0. The second kappa shape index (κ2) is 6.13. The van der Waals surface area contributed by atoms with Gasteiger partial charge in [0.2, 0.25) is 0 Å². The number of rotatable bonds is 0. The standard InChI is InChI=1S/C2HCl3.Fe/c3-1-2(4)5;/h1H;. The summed E-state index contributed by atoms with van der Waals surface area (Å²) in [7, 11) is 0. The molecule has 38 valence electrons. The van der Waals surface area contributed by atoms with Crippen molar-refractivity contribution in [1.29, 1.82) is 0 Å². The molecule has 0 aliphatic carbocycles. The summed E-state index contributed by atoms with van der Waals surface area (Å²) in [5.74, 6) is 0. The molecule has 0 rings (SSSR count). The minimum absolute atomic E-state index is 0. The van der Waals surface area contributed by atoms with E-state index in [2.05, 4.69) is 0 Å². The van der Waals surface area contributed by atoms with Crippen molar-refractivity contribution in [2.45, 2.75) is 0 Å².